The molecule has 1 heterocycles. The van der Waals surface area contributed by atoms with Crippen LogP contribution in [0, 0.1) is 5.82 Å². The minimum Gasteiger partial charge on any atom is -0.368 e. The van der Waals surface area contributed by atoms with E-state index in [1.54, 1.807) is 6.07 Å². The Bertz CT molecular complexity index is 1100. The first-order valence-electron chi connectivity index (χ1n) is 9.63. The van der Waals surface area contributed by atoms with Crippen molar-refractivity contribution in [3.8, 4) is 0 Å². The molecule has 2 aromatic carbocycles. The second-order valence-corrected chi connectivity index (χ2v) is 7.10. The normalized spacial score (nSPS) is 12.7. The van der Waals surface area contributed by atoms with E-state index in [1.165, 1.54) is 37.4 Å². The van der Waals surface area contributed by atoms with Crippen molar-refractivity contribution in [2.45, 2.75) is 31.8 Å². The number of fused-ring (bicyclic) bond motifs is 1. The van der Waals surface area contributed by atoms with Crippen LogP contribution >= 0.6 is 0 Å². The van der Waals surface area contributed by atoms with Gasteiger partial charge in [-0.1, -0.05) is 24.3 Å². The van der Waals surface area contributed by atoms with Gasteiger partial charge in [0.25, 0.3) is 0 Å². The number of para-hydroxylation sites is 2. The molecule has 9 heteroatoms. The Labute approximate surface area is 178 Å². The molecule has 3 rings (SSSR count). The van der Waals surface area contributed by atoms with Crippen molar-refractivity contribution in [2.24, 2.45) is 5.73 Å². The Balaban J connectivity index is 1.74. The molecule has 0 aliphatic carbocycles. The van der Waals surface area contributed by atoms with Crippen molar-refractivity contribution in [1.82, 2.24) is 20.6 Å². The largest absolute Gasteiger partial charge is 0.368 e. The van der Waals surface area contributed by atoms with E-state index in [0.29, 0.717) is 22.3 Å². The molecule has 2 atom stereocenters. The van der Waals surface area contributed by atoms with Gasteiger partial charge >= 0.3 is 0 Å². The lowest BCUT2D eigenvalue weighted by Gasteiger charge is -2.21. The Morgan fingerprint density at radius 3 is 2.29 bits per heavy atom. The van der Waals surface area contributed by atoms with Crippen LogP contribution in [0.2, 0.25) is 0 Å². The summed E-state index contributed by atoms with van der Waals surface area (Å²) in [6, 6.07) is 10.8. The summed E-state index contributed by atoms with van der Waals surface area (Å²) < 4.78 is 13.1. The number of nitrogens with one attached hydrogen (secondary N) is 2. The van der Waals surface area contributed by atoms with Gasteiger partial charge in [-0.3, -0.25) is 19.4 Å². The first kappa shape index (κ1) is 21.8. The summed E-state index contributed by atoms with van der Waals surface area (Å²) in [5.74, 6) is -2.16. The van der Waals surface area contributed by atoms with Gasteiger partial charge in [0.1, 0.15) is 17.9 Å². The number of nitrogens with zero attached hydrogens (tertiary/aromatic N) is 2. The Morgan fingerprint density at radius 1 is 0.968 bits per heavy atom. The molecule has 3 amide bonds. The molecule has 0 unspecified atom stereocenters. The number of rotatable bonds is 8. The van der Waals surface area contributed by atoms with Gasteiger partial charge < -0.3 is 16.4 Å². The number of hydrogen-bond donors (Lipinski definition) is 3. The van der Waals surface area contributed by atoms with Gasteiger partial charge in [-0.2, -0.15) is 0 Å². The quantitative estimate of drug-likeness (QED) is 0.499. The van der Waals surface area contributed by atoms with E-state index in [-0.39, 0.29) is 12.8 Å². The SMILES string of the molecule is CC(=O)N[C@H](Cc1ccc(F)cc1)C(=O)N[C@H](Cc1cnc2ccccc2n1)C(N)=O. The summed E-state index contributed by atoms with van der Waals surface area (Å²) in [4.78, 5) is 45.1. The lowest BCUT2D eigenvalue weighted by molar-refractivity contribution is -0.130. The van der Waals surface area contributed by atoms with Crippen molar-refractivity contribution in [2.75, 3.05) is 0 Å². The van der Waals surface area contributed by atoms with E-state index in [4.69, 9.17) is 5.73 Å². The van der Waals surface area contributed by atoms with Gasteiger partial charge in [-0.05, 0) is 29.8 Å². The van der Waals surface area contributed by atoms with Gasteiger partial charge in [0.15, 0.2) is 0 Å². The minimum atomic E-state index is -1.05. The fraction of sp³-hybridized carbons (Fsp3) is 0.227. The summed E-state index contributed by atoms with van der Waals surface area (Å²) in [6.07, 6.45) is 1.68. The monoisotopic (exact) mass is 423 g/mol. The van der Waals surface area contributed by atoms with E-state index in [0.717, 1.165) is 0 Å². The van der Waals surface area contributed by atoms with Gasteiger partial charge in [-0.15, -0.1) is 0 Å². The number of carbonyl (C=O) groups is 3. The van der Waals surface area contributed by atoms with Crippen molar-refractivity contribution < 1.29 is 18.8 Å². The van der Waals surface area contributed by atoms with Crippen molar-refractivity contribution in [3.05, 3.63) is 71.8 Å². The summed E-state index contributed by atoms with van der Waals surface area (Å²) in [5.41, 5.74) is 7.97. The van der Waals surface area contributed by atoms with Crippen LogP contribution in [0.15, 0.2) is 54.7 Å². The first-order valence-corrected chi connectivity index (χ1v) is 9.63. The van der Waals surface area contributed by atoms with Crippen LogP contribution in [0.5, 0.6) is 0 Å². The lowest BCUT2D eigenvalue weighted by Crippen LogP contribution is -2.54. The maximum absolute atomic E-state index is 13.1. The van der Waals surface area contributed by atoms with Crippen LogP contribution in [0.25, 0.3) is 11.0 Å². The molecule has 1 aromatic heterocycles. The predicted octanol–water partition coefficient (Wildman–Crippen LogP) is 1.03. The average Bonchev–Trinajstić information content (AvgIpc) is 2.73. The summed E-state index contributed by atoms with van der Waals surface area (Å²) in [7, 11) is 0. The summed E-state index contributed by atoms with van der Waals surface area (Å²) >= 11 is 0. The molecule has 0 saturated carbocycles. The Hall–Kier alpha value is -3.88. The zero-order valence-electron chi connectivity index (χ0n) is 16.8. The number of carbonyl (C=O) groups excluding carboxylic acids is 3. The van der Waals surface area contributed by atoms with Crippen molar-refractivity contribution >= 4 is 28.8 Å². The molecule has 0 fully saturated rings. The average molecular weight is 423 g/mol. The maximum atomic E-state index is 13.1. The van der Waals surface area contributed by atoms with Crippen LogP contribution in [-0.4, -0.2) is 39.8 Å². The Morgan fingerprint density at radius 2 is 1.65 bits per heavy atom. The topological polar surface area (TPSA) is 127 Å². The standard InChI is InChI=1S/C22H22FN5O3/c1-13(29)26-20(10-14-6-8-15(23)9-7-14)22(31)28-19(21(24)30)11-16-12-25-17-4-2-3-5-18(17)27-16/h2-9,12,19-20H,10-11H2,1H3,(H2,24,30)(H,26,29)(H,28,31)/t19-,20-/m1/s1. The van der Waals surface area contributed by atoms with Crippen molar-refractivity contribution in [3.63, 3.8) is 0 Å². The van der Waals surface area contributed by atoms with Crippen LogP contribution in [0.4, 0.5) is 4.39 Å². The van der Waals surface area contributed by atoms with Crippen LogP contribution in [0.3, 0.4) is 0 Å². The van der Waals surface area contributed by atoms with Crippen LogP contribution < -0.4 is 16.4 Å². The van der Waals surface area contributed by atoms with Gasteiger partial charge in [0, 0.05) is 26.0 Å². The number of nitrogens with two attached hydrogens (primary N) is 1. The predicted molar refractivity (Wildman–Crippen MR) is 112 cm³/mol. The van der Waals surface area contributed by atoms with E-state index in [9.17, 15) is 18.8 Å². The zero-order valence-corrected chi connectivity index (χ0v) is 16.8. The number of primary amides is 1. The van der Waals surface area contributed by atoms with E-state index in [1.807, 2.05) is 18.2 Å². The molecule has 160 valence electrons. The lowest BCUT2D eigenvalue weighted by atomic mass is 10.0. The Kier molecular flexibility index (Phi) is 6.86. The molecule has 0 aliphatic heterocycles. The fourth-order valence-electron chi connectivity index (χ4n) is 3.11. The van der Waals surface area contributed by atoms with E-state index in [2.05, 4.69) is 20.6 Å². The molecule has 0 bridgehead atoms. The molecular formula is C22H22FN5O3. The molecule has 8 nitrogen and oxygen atoms in total. The number of amides is 3. The summed E-state index contributed by atoms with van der Waals surface area (Å²) in [6.45, 7) is 1.28. The third-order valence-electron chi connectivity index (χ3n) is 4.62. The van der Waals surface area contributed by atoms with Crippen LogP contribution in [0.1, 0.15) is 18.2 Å². The van der Waals surface area contributed by atoms with E-state index >= 15 is 0 Å². The highest BCUT2D eigenvalue weighted by atomic mass is 19.1. The first-order chi connectivity index (χ1) is 14.8. The minimum absolute atomic E-state index is 0.0439. The van der Waals surface area contributed by atoms with Gasteiger partial charge in [0.2, 0.25) is 17.7 Å². The summed E-state index contributed by atoms with van der Waals surface area (Å²) in [5, 5.41) is 5.13. The highest BCUT2D eigenvalue weighted by molar-refractivity contribution is 5.91. The van der Waals surface area contributed by atoms with E-state index < -0.39 is 35.6 Å². The molecular weight excluding hydrogens is 401 g/mol. The van der Waals surface area contributed by atoms with Crippen LogP contribution in [-0.2, 0) is 27.2 Å². The smallest absolute Gasteiger partial charge is 0.243 e. The number of aromatic nitrogens is 2. The van der Waals surface area contributed by atoms with Crippen molar-refractivity contribution in [1.29, 1.82) is 0 Å². The fourth-order valence-corrected chi connectivity index (χ4v) is 3.11. The second-order valence-electron chi connectivity index (χ2n) is 7.10. The highest BCUT2D eigenvalue weighted by Gasteiger charge is 2.26. The molecule has 0 aliphatic rings. The maximum Gasteiger partial charge on any atom is 0.243 e. The third-order valence-corrected chi connectivity index (χ3v) is 4.62. The molecule has 3 aromatic rings. The third kappa shape index (κ3) is 6.05. The molecule has 0 spiro atoms. The molecule has 31 heavy (non-hydrogen) atoms. The molecule has 0 radical (unpaired) electrons. The molecule has 4 N–H and O–H groups in total. The zero-order chi connectivity index (χ0) is 22.4. The second kappa shape index (κ2) is 9.75. The number of benzene rings is 2. The number of hydrogen-bond acceptors (Lipinski definition) is 5. The van der Waals surface area contributed by atoms with Gasteiger partial charge in [-0.25, -0.2) is 9.37 Å². The molecule has 0 saturated heterocycles. The van der Waals surface area contributed by atoms with Gasteiger partial charge in [0.05, 0.1) is 16.7 Å². The highest BCUT2D eigenvalue weighted by Crippen LogP contribution is 2.11. The number of halogens is 1.